The Hall–Kier alpha value is -4.71. The average Bonchev–Trinajstić information content (AvgIpc) is 3.13. The molecule has 0 atom stereocenters. The van der Waals surface area contributed by atoms with Gasteiger partial charge < -0.3 is 14.8 Å². The number of benzene rings is 2. The minimum Gasteiger partial charge on any atom is -0.493 e. The maximum atomic E-state index is 12.8. The summed E-state index contributed by atoms with van der Waals surface area (Å²) < 4.78 is 11.0. The molecule has 1 aliphatic rings. The summed E-state index contributed by atoms with van der Waals surface area (Å²) in [5.41, 5.74) is 0.939. The third-order valence-corrected chi connectivity index (χ3v) is 5.77. The van der Waals surface area contributed by atoms with Crippen LogP contribution in [0, 0.1) is 10.1 Å². The van der Waals surface area contributed by atoms with E-state index in [1.54, 1.807) is 48.5 Å². The van der Waals surface area contributed by atoms with Crippen molar-refractivity contribution in [3.8, 4) is 17.4 Å². The lowest BCUT2D eigenvalue weighted by molar-refractivity contribution is -0.385. The number of carbonyl (C=O) groups is 3. The van der Waals surface area contributed by atoms with Gasteiger partial charge in [-0.1, -0.05) is 24.3 Å². The maximum absolute atomic E-state index is 12.8. The highest BCUT2D eigenvalue weighted by Gasteiger charge is 2.36. The molecule has 1 N–H and O–H groups in total. The lowest BCUT2D eigenvalue weighted by atomic mass is 10.2. The minimum atomic E-state index is -0.581. The van der Waals surface area contributed by atoms with E-state index in [-0.39, 0.29) is 16.5 Å². The Kier molecular flexibility index (Phi) is 7.25. The molecule has 0 bridgehead atoms. The number of methoxy groups -OCH3 is 1. The number of imide groups is 1. The number of thioether (sulfide) groups is 1. The third kappa shape index (κ3) is 5.67. The van der Waals surface area contributed by atoms with Crippen molar-refractivity contribution in [2.45, 2.75) is 0 Å². The van der Waals surface area contributed by atoms with Gasteiger partial charge in [0.25, 0.3) is 16.8 Å². The molecule has 12 heteroatoms. The van der Waals surface area contributed by atoms with E-state index in [9.17, 15) is 24.5 Å². The molecule has 3 amide bonds. The summed E-state index contributed by atoms with van der Waals surface area (Å²) in [6.07, 6.45) is 2.59. The molecule has 182 valence electrons. The molecule has 1 saturated heterocycles. The molecule has 0 unspecified atom stereocenters. The Balaban J connectivity index is 1.46. The van der Waals surface area contributed by atoms with Gasteiger partial charge in [0, 0.05) is 17.8 Å². The van der Waals surface area contributed by atoms with Gasteiger partial charge >= 0.3 is 0 Å². The number of aromatic nitrogens is 1. The number of nitro groups is 1. The average molecular weight is 506 g/mol. The first-order valence-electron chi connectivity index (χ1n) is 10.4. The van der Waals surface area contributed by atoms with Crippen LogP contribution in [0.5, 0.6) is 17.4 Å². The summed E-state index contributed by atoms with van der Waals surface area (Å²) in [7, 11) is 1.43. The van der Waals surface area contributed by atoms with Crippen molar-refractivity contribution in [2.75, 3.05) is 19.0 Å². The van der Waals surface area contributed by atoms with Crippen molar-refractivity contribution in [3.05, 3.63) is 87.4 Å². The number of anilines is 1. The smallest absolute Gasteiger partial charge is 0.294 e. The number of hydrogen-bond acceptors (Lipinski definition) is 9. The second-order valence-corrected chi connectivity index (χ2v) is 8.30. The SMILES string of the molecule is COc1cc(/C=C2\SC(=O)N(CC(=O)Nc3ccccc3)C2=O)ccc1Oc1ccc([N+](=O)[O-])cn1. The fourth-order valence-corrected chi connectivity index (χ4v) is 4.00. The van der Waals surface area contributed by atoms with Gasteiger partial charge in [0.15, 0.2) is 11.5 Å². The molecule has 1 fully saturated rings. The molecule has 1 aromatic heterocycles. The van der Waals surface area contributed by atoms with Crippen LogP contribution >= 0.6 is 11.8 Å². The summed E-state index contributed by atoms with van der Waals surface area (Å²) in [6.45, 7) is -0.408. The van der Waals surface area contributed by atoms with E-state index in [1.165, 1.54) is 25.3 Å². The lowest BCUT2D eigenvalue weighted by Gasteiger charge is -2.12. The fraction of sp³-hybridized carbons (Fsp3) is 0.0833. The van der Waals surface area contributed by atoms with Gasteiger partial charge in [0.05, 0.1) is 16.9 Å². The molecular weight excluding hydrogens is 488 g/mol. The van der Waals surface area contributed by atoms with Crippen LogP contribution in [-0.4, -0.2) is 45.5 Å². The molecule has 2 heterocycles. The number of nitrogens with zero attached hydrogens (tertiary/aromatic N) is 3. The van der Waals surface area contributed by atoms with Gasteiger partial charge in [-0.15, -0.1) is 0 Å². The van der Waals surface area contributed by atoms with E-state index >= 15 is 0 Å². The quantitative estimate of drug-likeness (QED) is 0.266. The van der Waals surface area contributed by atoms with Crippen LogP contribution in [0.1, 0.15) is 5.56 Å². The number of amides is 3. The number of pyridine rings is 1. The highest BCUT2D eigenvalue weighted by molar-refractivity contribution is 8.18. The van der Waals surface area contributed by atoms with Crippen LogP contribution in [-0.2, 0) is 9.59 Å². The normalized spacial score (nSPS) is 14.1. The second kappa shape index (κ2) is 10.7. The topological polar surface area (TPSA) is 141 Å². The predicted molar refractivity (Wildman–Crippen MR) is 132 cm³/mol. The largest absolute Gasteiger partial charge is 0.493 e. The zero-order chi connectivity index (χ0) is 25.7. The predicted octanol–water partition coefficient (Wildman–Crippen LogP) is 4.47. The van der Waals surface area contributed by atoms with E-state index in [0.29, 0.717) is 22.7 Å². The molecule has 3 aromatic rings. The Bertz CT molecular complexity index is 1360. The summed E-state index contributed by atoms with van der Waals surface area (Å²) >= 11 is 0.730. The van der Waals surface area contributed by atoms with E-state index in [4.69, 9.17) is 9.47 Å². The number of rotatable bonds is 8. The molecule has 4 rings (SSSR count). The van der Waals surface area contributed by atoms with Gasteiger partial charge in [0.1, 0.15) is 12.7 Å². The molecule has 0 aliphatic carbocycles. The minimum absolute atomic E-state index is 0.126. The van der Waals surface area contributed by atoms with Crippen LogP contribution in [0.4, 0.5) is 16.2 Å². The molecule has 0 spiro atoms. The number of carbonyl (C=O) groups excluding carboxylic acids is 3. The molecule has 0 radical (unpaired) electrons. The van der Waals surface area contributed by atoms with Crippen LogP contribution in [0.3, 0.4) is 0 Å². The zero-order valence-electron chi connectivity index (χ0n) is 18.7. The van der Waals surface area contributed by atoms with Crippen molar-refractivity contribution in [1.82, 2.24) is 9.88 Å². The standard InChI is InChI=1S/C24H18N4O7S/c1-34-19-11-15(7-9-18(19)35-22-10-8-17(13-25-22)28(32)33)12-20-23(30)27(24(31)36-20)14-21(29)26-16-5-3-2-4-6-16/h2-13H,14H2,1H3,(H,26,29)/b20-12-. The van der Waals surface area contributed by atoms with Crippen LogP contribution in [0.15, 0.2) is 71.8 Å². The summed E-state index contributed by atoms with van der Waals surface area (Å²) in [5.74, 6) is -0.344. The molecule has 2 aromatic carbocycles. The van der Waals surface area contributed by atoms with Crippen molar-refractivity contribution in [1.29, 1.82) is 0 Å². The van der Waals surface area contributed by atoms with Gasteiger partial charge in [0.2, 0.25) is 11.8 Å². The molecular formula is C24H18N4O7S. The number of ether oxygens (including phenoxy) is 2. The molecule has 1 aliphatic heterocycles. The van der Waals surface area contributed by atoms with Crippen molar-refractivity contribution in [2.24, 2.45) is 0 Å². The van der Waals surface area contributed by atoms with Crippen molar-refractivity contribution < 1.29 is 28.8 Å². The van der Waals surface area contributed by atoms with E-state index in [2.05, 4.69) is 10.3 Å². The monoisotopic (exact) mass is 506 g/mol. The Morgan fingerprint density at radius 2 is 1.92 bits per heavy atom. The molecule has 11 nitrogen and oxygen atoms in total. The Morgan fingerprint density at radius 1 is 1.14 bits per heavy atom. The molecule has 36 heavy (non-hydrogen) atoms. The highest BCUT2D eigenvalue weighted by Crippen LogP contribution is 2.36. The van der Waals surface area contributed by atoms with Gasteiger partial charge in [-0.3, -0.25) is 29.4 Å². The Labute approximate surface area is 208 Å². The lowest BCUT2D eigenvalue weighted by Crippen LogP contribution is -2.36. The van der Waals surface area contributed by atoms with E-state index < -0.39 is 28.5 Å². The van der Waals surface area contributed by atoms with Crippen LogP contribution in [0.25, 0.3) is 6.08 Å². The highest BCUT2D eigenvalue weighted by atomic mass is 32.2. The third-order valence-electron chi connectivity index (χ3n) is 4.86. The molecule has 0 saturated carbocycles. The first-order chi connectivity index (χ1) is 17.3. The summed E-state index contributed by atoms with van der Waals surface area (Å²) in [5, 5.41) is 12.9. The van der Waals surface area contributed by atoms with E-state index in [0.717, 1.165) is 22.9 Å². The van der Waals surface area contributed by atoms with Crippen LogP contribution < -0.4 is 14.8 Å². The first kappa shape index (κ1) is 24.4. The van der Waals surface area contributed by atoms with Crippen LogP contribution in [0.2, 0.25) is 0 Å². The van der Waals surface area contributed by atoms with E-state index in [1.807, 2.05) is 0 Å². The Morgan fingerprint density at radius 3 is 2.58 bits per heavy atom. The number of para-hydroxylation sites is 1. The first-order valence-corrected chi connectivity index (χ1v) is 11.2. The summed E-state index contributed by atoms with van der Waals surface area (Å²) in [6, 6.07) is 16.1. The summed E-state index contributed by atoms with van der Waals surface area (Å²) in [4.78, 5) is 52.6. The van der Waals surface area contributed by atoms with Crippen molar-refractivity contribution in [3.63, 3.8) is 0 Å². The van der Waals surface area contributed by atoms with Crippen molar-refractivity contribution >= 4 is 46.3 Å². The number of nitrogens with one attached hydrogen (secondary N) is 1. The zero-order valence-corrected chi connectivity index (χ0v) is 19.6. The maximum Gasteiger partial charge on any atom is 0.294 e. The van der Waals surface area contributed by atoms with Gasteiger partial charge in [-0.25, -0.2) is 4.98 Å². The second-order valence-electron chi connectivity index (χ2n) is 7.31. The number of hydrogen-bond donors (Lipinski definition) is 1. The van der Waals surface area contributed by atoms with Gasteiger partial charge in [-0.2, -0.15) is 0 Å². The van der Waals surface area contributed by atoms with Gasteiger partial charge in [-0.05, 0) is 47.7 Å². The fourth-order valence-electron chi connectivity index (χ4n) is 3.17.